The van der Waals surface area contributed by atoms with Gasteiger partial charge in [-0.3, -0.25) is 9.59 Å². The van der Waals surface area contributed by atoms with Crippen LogP contribution >= 0.6 is 0 Å². The lowest BCUT2D eigenvalue weighted by molar-refractivity contribution is -0.122. The fourth-order valence-corrected chi connectivity index (χ4v) is 2.87. The summed E-state index contributed by atoms with van der Waals surface area (Å²) in [5.41, 5.74) is 2.07. The van der Waals surface area contributed by atoms with Crippen molar-refractivity contribution in [3.05, 3.63) is 82.9 Å². The fourth-order valence-electron chi connectivity index (χ4n) is 2.87. The first kappa shape index (κ1) is 18.4. The quantitative estimate of drug-likeness (QED) is 0.731. The van der Waals surface area contributed by atoms with E-state index in [2.05, 4.69) is 10.3 Å². The molecule has 6 heteroatoms. The molecule has 27 heavy (non-hydrogen) atoms. The van der Waals surface area contributed by atoms with E-state index in [1.807, 2.05) is 61.5 Å². The van der Waals surface area contributed by atoms with Crippen LogP contribution in [0.4, 0.5) is 0 Å². The van der Waals surface area contributed by atoms with Gasteiger partial charge in [-0.05, 0) is 13.0 Å². The summed E-state index contributed by atoms with van der Waals surface area (Å²) in [7, 11) is 1.59. The number of hydrogen-bond acceptors (Lipinski definition) is 4. The van der Waals surface area contributed by atoms with Crippen LogP contribution < -0.4 is 15.6 Å². The highest BCUT2D eigenvalue weighted by Gasteiger charge is 2.14. The number of para-hydroxylation sites is 1. The van der Waals surface area contributed by atoms with Gasteiger partial charge >= 0.3 is 0 Å². The van der Waals surface area contributed by atoms with Crippen LogP contribution in [0.5, 0.6) is 5.75 Å². The summed E-state index contributed by atoms with van der Waals surface area (Å²) in [5.74, 6) is 0.443. The lowest BCUT2D eigenvalue weighted by Crippen LogP contribution is -2.33. The molecule has 6 nitrogen and oxygen atoms in total. The second kappa shape index (κ2) is 8.31. The molecule has 3 rings (SSSR count). The standard InChI is InChI=1S/C21H21N3O3/c1-15(17-10-6-7-11-19(17)27-2)23-20(25)14-24-13-18(22-12-21(24)26)16-8-4-3-5-9-16/h3-13,15H,14H2,1-2H3,(H,23,25). The van der Waals surface area contributed by atoms with Crippen molar-refractivity contribution in [2.75, 3.05) is 7.11 Å². The van der Waals surface area contributed by atoms with Crippen molar-refractivity contribution >= 4 is 5.91 Å². The van der Waals surface area contributed by atoms with Crippen molar-refractivity contribution in [1.82, 2.24) is 14.9 Å². The topological polar surface area (TPSA) is 73.2 Å². The lowest BCUT2D eigenvalue weighted by Gasteiger charge is -2.17. The van der Waals surface area contributed by atoms with Gasteiger partial charge in [0.05, 0.1) is 25.0 Å². The van der Waals surface area contributed by atoms with E-state index in [9.17, 15) is 9.59 Å². The average molecular weight is 363 g/mol. The van der Waals surface area contributed by atoms with Crippen LogP contribution in [-0.2, 0) is 11.3 Å². The van der Waals surface area contributed by atoms with Gasteiger partial charge in [0, 0.05) is 17.3 Å². The Labute approximate surface area is 157 Å². The predicted molar refractivity (Wildman–Crippen MR) is 103 cm³/mol. The summed E-state index contributed by atoms with van der Waals surface area (Å²) in [5, 5.41) is 2.91. The maximum atomic E-state index is 12.5. The van der Waals surface area contributed by atoms with Gasteiger partial charge in [-0.15, -0.1) is 0 Å². The molecule has 0 fully saturated rings. The fraction of sp³-hybridized carbons (Fsp3) is 0.190. The van der Waals surface area contributed by atoms with Crippen molar-refractivity contribution < 1.29 is 9.53 Å². The smallest absolute Gasteiger partial charge is 0.269 e. The average Bonchev–Trinajstić information content (AvgIpc) is 2.70. The lowest BCUT2D eigenvalue weighted by atomic mass is 10.1. The zero-order valence-corrected chi connectivity index (χ0v) is 15.3. The Morgan fingerprint density at radius 2 is 1.85 bits per heavy atom. The largest absolute Gasteiger partial charge is 0.496 e. The van der Waals surface area contributed by atoms with E-state index in [0.29, 0.717) is 11.4 Å². The van der Waals surface area contributed by atoms with Crippen molar-refractivity contribution in [3.63, 3.8) is 0 Å². The first-order chi connectivity index (χ1) is 13.1. The third kappa shape index (κ3) is 4.41. The Morgan fingerprint density at radius 3 is 2.59 bits per heavy atom. The minimum Gasteiger partial charge on any atom is -0.496 e. The maximum Gasteiger partial charge on any atom is 0.269 e. The van der Waals surface area contributed by atoms with Gasteiger partial charge in [-0.2, -0.15) is 0 Å². The number of hydrogen-bond donors (Lipinski definition) is 1. The van der Waals surface area contributed by atoms with Crippen LogP contribution in [0, 0.1) is 0 Å². The summed E-state index contributed by atoms with van der Waals surface area (Å²) in [6, 6.07) is 16.8. The number of carbonyl (C=O) groups excluding carboxylic acids is 1. The molecule has 0 radical (unpaired) electrons. The molecule has 3 aromatic rings. The number of carbonyl (C=O) groups is 1. The number of methoxy groups -OCH3 is 1. The second-order valence-electron chi connectivity index (χ2n) is 6.14. The molecule has 1 aromatic heterocycles. The second-order valence-corrected chi connectivity index (χ2v) is 6.14. The number of benzene rings is 2. The zero-order valence-electron chi connectivity index (χ0n) is 15.3. The monoisotopic (exact) mass is 363 g/mol. The van der Waals surface area contributed by atoms with Crippen LogP contribution in [0.1, 0.15) is 18.5 Å². The van der Waals surface area contributed by atoms with E-state index in [-0.39, 0.29) is 24.1 Å². The number of ether oxygens (including phenoxy) is 1. The molecule has 0 aliphatic rings. The van der Waals surface area contributed by atoms with Crippen molar-refractivity contribution in [1.29, 1.82) is 0 Å². The molecular weight excluding hydrogens is 342 g/mol. The van der Waals surface area contributed by atoms with Crippen molar-refractivity contribution in [3.8, 4) is 17.0 Å². The van der Waals surface area contributed by atoms with Crippen LogP contribution in [0.3, 0.4) is 0 Å². The molecule has 0 spiro atoms. The first-order valence-corrected chi connectivity index (χ1v) is 8.62. The molecule has 0 saturated carbocycles. The third-order valence-electron chi connectivity index (χ3n) is 4.24. The highest BCUT2D eigenvalue weighted by Crippen LogP contribution is 2.24. The molecule has 1 heterocycles. The normalized spacial score (nSPS) is 11.6. The summed E-state index contributed by atoms with van der Waals surface area (Å²) < 4.78 is 6.70. The number of nitrogens with zero attached hydrogens (tertiary/aromatic N) is 2. The molecule has 138 valence electrons. The number of amides is 1. The van der Waals surface area contributed by atoms with Gasteiger partial charge < -0.3 is 14.6 Å². The summed E-state index contributed by atoms with van der Waals surface area (Å²) in [6.07, 6.45) is 2.84. The van der Waals surface area contributed by atoms with Crippen LogP contribution in [0.2, 0.25) is 0 Å². The van der Waals surface area contributed by atoms with Crippen LogP contribution in [0.15, 0.2) is 71.8 Å². The molecule has 1 unspecified atom stereocenters. The summed E-state index contributed by atoms with van der Waals surface area (Å²) in [6.45, 7) is 1.79. The molecule has 1 amide bonds. The van der Waals surface area contributed by atoms with E-state index >= 15 is 0 Å². The number of nitrogens with one attached hydrogen (secondary N) is 1. The van der Waals surface area contributed by atoms with Gasteiger partial charge in [0.2, 0.25) is 5.91 Å². The number of rotatable bonds is 6. The minimum atomic E-state index is -0.324. The zero-order chi connectivity index (χ0) is 19.2. The molecule has 2 aromatic carbocycles. The number of aromatic nitrogens is 2. The van der Waals surface area contributed by atoms with Crippen LogP contribution in [-0.4, -0.2) is 22.6 Å². The van der Waals surface area contributed by atoms with Crippen molar-refractivity contribution in [2.24, 2.45) is 0 Å². The van der Waals surface area contributed by atoms with Gasteiger partial charge in [0.15, 0.2) is 0 Å². The van der Waals surface area contributed by atoms with E-state index < -0.39 is 0 Å². The van der Waals surface area contributed by atoms with Gasteiger partial charge in [0.25, 0.3) is 5.56 Å². The highest BCUT2D eigenvalue weighted by molar-refractivity contribution is 5.76. The Bertz CT molecular complexity index is 983. The molecular formula is C21H21N3O3. The summed E-state index contributed by atoms with van der Waals surface area (Å²) in [4.78, 5) is 28.7. The molecule has 0 bridgehead atoms. The first-order valence-electron chi connectivity index (χ1n) is 8.62. The molecule has 0 aliphatic heterocycles. The van der Waals surface area contributed by atoms with Gasteiger partial charge in [-0.1, -0.05) is 48.5 Å². The highest BCUT2D eigenvalue weighted by atomic mass is 16.5. The Morgan fingerprint density at radius 1 is 1.15 bits per heavy atom. The Balaban J connectivity index is 1.75. The minimum absolute atomic E-state index is 0.0827. The molecule has 1 atom stereocenters. The molecule has 1 N–H and O–H groups in total. The SMILES string of the molecule is COc1ccccc1C(C)NC(=O)Cn1cc(-c2ccccc2)ncc1=O. The van der Waals surface area contributed by atoms with Crippen molar-refractivity contribution in [2.45, 2.75) is 19.5 Å². The van der Waals surface area contributed by atoms with Crippen LogP contribution in [0.25, 0.3) is 11.3 Å². The molecule has 0 aliphatic carbocycles. The summed E-state index contributed by atoms with van der Waals surface area (Å²) >= 11 is 0. The Hall–Kier alpha value is -3.41. The van der Waals surface area contributed by atoms with E-state index in [1.54, 1.807) is 13.3 Å². The van der Waals surface area contributed by atoms with E-state index in [1.165, 1.54) is 10.8 Å². The predicted octanol–water partition coefficient (Wildman–Crippen LogP) is 2.80. The third-order valence-corrected chi connectivity index (χ3v) is 4.24. The Kier molecular flexibility index (Phi) is 5.66. The maximum absolute atomic E-state index is 12.5. The molecule has 0 saturated heterocycles. The van der Waals surface area contributed by atoms with E-state index in [0.717, 1.165) is 11.1 Å². The van der Waals surface area contributed by atoms with E-state index in [4.69, 9.17) is 4.74 Å². The van der Waals surface area contributed by atoms with Gasteiger partial charge in [-0.25, -0.2) is 4.98 Å². The van der Waals surface area contributed by atoms with Gasteiger partial charge in [0.1, 0.15) is 12.3 Å².